The molecule has 1 unspecified atom stereocenters. The summed E-state index contributed by atoms with van der Waals surface area (Å²) in [5.41, 5.74) is 0. The quantitative estimate of drug-likeness (QED) is 0.204. The van der Waals surface area contributed by atoms with E-state index >= 15 is 0 Å². The van der Waals surface area contributed by atoms with E-state index in [9.17, 15) is 14.4 Å². The number of carbonyl (C=O) groups is 3. The Labute approximate surface area is 222 Å². The molecular weight excluding hydrogens is 536 g/mol. The van der Waals surface area contributed by atoms with Crippen molar-refractivity contribution in [3.63, 3.8) is 0 Å². The molecule has 1 aliphatic heterocycles. The molecule has 1 atom stereocenters. The molecule has 1 fully saturated rings. The fraction of sp³-hybridized carbons (Fsp3) is 0.654. The number of piperazine rings is 1. The first-order valence-electron chi connectivity index (χ1n) is 12.7. The Bertz CT molecular complexity index is 823. The van der Waals surface area contributed by atoms with Crippen molar-refractivity contribution >= 4 is 45.3 Å². The monoisotopic (exact) mass is 572 g/mol. The zero-order valence-electron chi connectivity index (χ0n) is 20.7. The van der Waals surface area contributed by atoms with Crippen LogP contribution in [0.5, 0.6) is 5.75 Å². The lowest BCUT2D eigenvalue weighted by atomic mass is 10.1. The first-order valence-corrected chi connectivity index (χ1v) is 13.9. The van der Waals surface area contributed by atoms with E-state index in [-0.39, 0.29) is 24.8 Å². The molecule has 0 spiro atoms. The molecule has 0 aromatic heterocycles. The predicted molar refractivity (Wildman–Crippen MR) is 141 cm³/mol. The highest BCUT2D eigenvalue weighted by Gasteiger charge is 2.35. The Hall–Kier alpha value is -1.80. The molecule has 196 valence electrons. The smallest absolute Gasteiger partial charge is 0.308 e. The number of esters is 1. The number of ether oxygens (including phenoxy) is 2. The Balaban J connectivity index is 1.68. The number of benzene rings is 1. The molecule has 1 N–H and O–H groups in total. The molecule has 0 aliphatic carbocycles. The molecule has 1 aromatic rings. The second kappa shape index (κ2) is 16.8. The first kappa shape index (κ1) is 29.4. The summed E-state index contributed by atoms with van der Waals surface area (Å²) >= 11 is 9.28. The van der Waals surface area contributed by atoms with Crippen LogP contribution >= 0.6 is 27.5 Å². The molecule has 1 saturated heterocycles. The van der Waals surface area contributed by atoms with Gasteiger partial charge in [0.15, 0.2) is 6.61 Å². The molecule has 2 amide bonds. The Morgan fingerprint density at radius 2 is 1.74 bits per heavy atom. The molecule has 9 heteroatoms. The van der Waals surface area contributed by atoms with E-state index in [1.807, 2.05) is 0 Å². The highest BCUT2D eigenvalue weighted by Crippen LogP contribution is 2.28. The molecule has 0 bridgehead atoms. The standard InChI is InChI=1S/C26H38BrClN2O5/c1-2-3-4-5-6-7-8-9-10-11-16-34-25(32)18-22-26(33)29-14-15-30(22)24(31)19-35-23-13-12-20(28)17-21(23)27/h12-13,17,22H,2-11,14-16,18-19H2,1H3,(H,29,33). The first-order chi connectivity index (χ1) is 16.9. The summed E-state index contributed by atoms with van der Waals surface area (Å²) in [4.78, 5) is 38.9. The van der Waals surface area contributed by atoms with Crippen LogP contribution in [0.3, 0.4) is 0 Å². The topological polar surface area (TPSA) is 84.9 Å². The number of unbranched alkanes of at least 4 members (excludes halogenated alkanes) is 9. The number of hydrogen-bond donors (Lipinski definition) is 1. The van der Waals surface area contributed by atoms with Gasteiger partial charge in [0.25, 0.3) is 5.91 Å². The van der Waals surface area contributed by atoms with Crippen molar-refractivity contribution in [1.82, 2.24) is 10.2 Å². The van der Waals surface area contributed by atoms with Crippen molar-refractivity contribution < 1.29 is 23.9 Å². The van der Waals surface area contributed by atoms with Crippen LogP contribution < -0.4 is 10.1 Å². The van der Waals surface area contributed by atoms with Gasteiger partial charge in [-0.1, -0.05) is 76.3 Å². The molecule has 35 heavy (non-hydrogen) atoms. The van der Waals surface area contributed by atoms with Crippen molar-refractivity contribution in [2.24, 2.45) is 0 Å². The number of halogens is 2. The van der Waals surface area contributed by atoms with E-state index in [1.165, 1.54) is 49.8 Å². The summed E-state index contributed by atoms with van der Waals surface area (Å²) in [6.45, 7) is 2.96. The lowest BCUT2D eigenvalue weighted by Crippen LogP contribution is -2.58. The van der Waals surface area contributed by atoms with E-state index in [0.29, 0.717) is 34.9 Å². The second-order valence-corrected chi connectivity index (χ2v) is 10.2. The lowest BCUT2D eigenvalue weighted by molar-refractivity contribution is -0.152. The number of amides is 2. The van der Waals surface area contributed by atoms with Crippen LogP contribution in [0, 0.1) is 0 Å². The van der Waals surface area contributed by atoms with E-state index in [1.54, 1.807) is 18.2 Å². The third-order valence-electron chi connectivity index (χ3n) is 6.02. The number of nitrogens with one attached hydrogen (secondary N) is 1. The average molecular weight is 574 g/mol. The van der Waals surface area contributed by atoms with Gasteiger partial charge in [0.05, 0.1) is 17.5 Å². The summed E-state index contributed by atoms with van der Waals surface area (Å²) < 4.78 is 11.6. The average Bonchev–Trinajstić information content (AvgIpc) is 2.83. The minimum Gasteiger partial charge on any atom is -0.483 e. The van der Waals surface area contributed by atoms with Crippen LogP contribution in [-0.2, 0) is 19.1 Å². The van der Waals surface area contributed by atoms with Gasteiger partial charge >= 0.3 is 5.97 Å². The zero-order chi connectivity index (χ0) is 25.5. The van der Waals surface area contributed by atoms with Gasteiger partial charge in [-0.05, 0) is 40.5 Å². The Morgan fingerprint density at radius 1 is 1.09 bits per heavy atom. The fourth-order valence-electron chi connectivity index (χ4n) is 4.02. The van der Waals surface area contributed by atoms with Gasteiger partial charge in [-0.25, -0.2) is 0 Å². The lowest BCUT2D eigenvalue weighted by Gasteiger charge is -2.34. The molecule has 0 radical (unpaired) electrons. The summed E-state index contributed by atoms with van der Waals surface area (Å²) in [6, 6.07) is 4.09. The highest BCUT2D eigenvalue weighted by molar-refractivity contribution is 9.10. The van der Waals surface area contributed by atoms with Crippen LogP contribution in [0.25, 0.3) is 0 Å². The van der Waals surface area contributed by atoms with Crippen LogP contribution in [0.4, 0.5) is 0 Å². The van der Waals surface area contributed by atoms with Crippen molar-refractivity contribution in [2.75, 3.05) is 26.3 Å². The van der Waals surface area contributed by atoms with Gasteiger partial charge in [0.2, 0.25) is 5.91 Å². The van der Waals surface area contributed by atoms with Crippen molar-refractivity contribution in [1.29, 1.82) is 0 Å². The minimum atomic E-state index is -0.895. The van der Waals surface area contributed by atoms with E-state index in [2.05, 4.69) is 28.2 Å². The Kier molecular flexibility index (Phi) is 14.1. The number of carbonyl (C=O) groups excluding carboxylic acids is 3. The third-order valence-corrected chi connectivity index (χ3v) is 6.87. The molecular formula is C26H38BrClN2O5. The van der Waals surface area contributed by atoms with E-state index in [4.69, 9.17) is 21.1 Å². The maximum atomic E-state index is 12.8. The third kappa shape index (κ3) is 11.2. The SMILES string of the molecule is CCCCCCCCCCCCOC(=O)CC1C(=O)NCCN1C(=O)COc1ccc(Cl)cc1Br. The molecule has 1 aromatic carbocycles. The molecule has 1 heterocycles. The molecule has 0 saturated carbocycles. The highest BCUT2D eigenvalue weighted by atomic mass is 79.9. The van der Waals surface area contributed by atoms with Gasteiger partial charge in [-0.2, -0.15) is 0 Å². The van der Waals surface area contributed by atoms with Gasteiger partial charge in [0, 0.05) is 18.1 Å². The van der Waals surface area contributed by atoms with Crippen LogP contribution in [-0.4, -0.2) is 55.0 Å². The van der Waals surface area contributed by atoms with Crippen molar-refractivity contribution in [3.8, 4) is 5.75 Å². The van der Waals surface area contributed by atoms with Crippen LogP contribution in [0.2, 0.25) is 5.02 Å². The summed E-state index contributed by atoms with van der Waals surface area (Å²) in [5.74, 6) is -0.721. The van der Waals surface area contributed by atoms with Crippen molar-refractivity contribution in [3.05, 3.63) is 27.7 Å². The van der Waals surface area contributed by atoms with Gasteiger partial charge in [0.1, 0.15) is 11.8 Å². The van der Waals surface area contributed by atoms with Gasteiger partial charge in [-0.3, -0.25) is 14.4 Å². The normalized spacial score (nSPS) is 15.6. The predicted octanol–water partition coefficient (Wildman–Crippen LogP) is 5.66. The van der Waals surface area contributed by atoms with Crippen LogP contribution in [0.15, 0.2) is 22.7 Å². The maximum Gasteiger partial charge on any atom is 0.308 e. The number of hydrogen-bond acceptors (Lipinski definition) is 5. The van der Waals surface area contributed by atoms with Gasteiger partial charge in [-0.15, -0.1) is 0 Å². The van der Waals surface area contributed by atoms with Gasteiger partial charge < -0.3 is 19.7 Å². The van der Waals surface area contributed by atoms with Crippen molar-refractivity contribution in [2.45, 2.75) is 83.6 Å². The van der Waals surface area contributed by atoms with Crippen LogP contribution in [0.1, 0.15) is 77.6 Å². The number of nitrogens with zero attached hydrogens (tertiary/aromatic N) is 1. The molecule has 1 aliphatic rings. The summed E-state index contributed by atoms with van der Waals surface area (Å²) in [7, 11) is 0. The molecule has 2 rings (SSSR count). The van der Waals surface area contributed by atoms with E-state index in [0.717, 1.165) is 19.3 Å². The summed E-state index contributed by atoms with van der Waals surface area (Å²) in [5, 5.41) is 3.26. The molecule has 7 nitrogen and oxygen atoms in total. The van der Waals surface area contributed by atoms with E-state index < -0.39 is 12.0 Å². The number of rotatable bonds is 16. The second-order valence-electron chi connectivity index (χ2n) is 8.86. The minimum absolute atomic E-state index is 0.167. The summed E-state index contributed by atoms with van der Waals surface area (Å²) in [6.07, 6.45) is 11.9. The maximum absolute atomic E-state index is 12.8. The Morgan fingerprint density at radius 3 is 2.40 bits per heavy atom. The zero-order valence-corrected chi connectivity index (χ0v) is 23.0. The largest absolute Gasteiger partial charge is 0.483 e. The fourth-order valence-corrected chi connectivity index (χ4v) is 4.82.